The van der Waals surface area contributed by atoms with Crippen LogP contribution in [0.1, 0.15) is 5.56 Å². The Bertz CT molecular complexity index is 477. The maximum atomic E-state index is 10.7. The Morgan fingerprint density at radius 3 is 2.69 bits per heavy atom. The number of aliphatic hydroxyl groups excluding tert-OH is 1. The molecular weight excluding hydrogens is 208 g/mol. The van der Waals surface area contributed by atoms with Crippen LogP contribution < -0.4 is 5.32 Å². The third-order valence-corrected chi connectivity index (χ3v) is 2.27. The van der Waals surface area contributed by atoms with E-state index in [0.29, 0.717) is 5.70 Å². The summed E-state index contributed by atoms with van der Waals surface area (Å²) >= 11 is 0. The van der Waals surface area contributed by atoms with Crippen molar-refractivity contribution in [3.05, 3.63) is 63.2 Å². The van der Waals surface area contributed by atoms with E-state index in [4.69, 9.17) is 0 Å². The predicted molar refractivity (Wildman–Crippen MR) is 59.1 cm³/mol. The zero-order valence-corrected chi connectivity index (χ0v) is 8.38. The van der Waals surface area contributed by atoms with Gasteiger partial charge in [-0.25, -0.2) is 0 Å². The second kappa shape index (κ2) is 4.06. The number of nitrogens with zero attached hydrogens (tertiary/aromatic N) is 1. The second-order valence-corrected chi connectivity index (χ2v) is 3.37. The summed E-state index contributed by atoms with van der Waals surface area (Å²) < 4.78 is 0. The summed E-state index contributed by atoms with van der Waals surface area (Å²) in [6, 6.07) is 9.22. The van der Waals surface area contributed by atoms with Crippen LogP contribution in [0.5, 0.6) is 0 Å². The van der Waals surface area contributed by atoms with Crippen molar-refractivity contribution < 1.29 is 10.0 Å². The van der Waals surface area contributed by atoms with Crippen LogP contribution in [0.4, 0.5) is 0 Å². The van der Waals surface area contributed by atoms with Gasteiger partial charge in [-0.3, -0.25) is 10.1 Å². The normalized spacial score (nSPS) is 17.6. The van der Waals surface area contributed by atoms with Crippen molar-refractivity contribution in [2.75, 3.05) is 6.54 Å². The second-order valence-electron chi connectivity index (χ2n) is 3.37. The lowest BCUT2D eigenvalue weighted by Gasteiger charge is -1.98. The van der Waals surface area contributed by atoms with Crippen molar-refractivity contribution in [3.63, 3.8) is 0 Å². The number of benzene rings is 1. The Morgan fingerprint density at radius 1 is 1.38 bits per heavy atom. The Morgan fingerprint density at radius 2 is 2.06 bits per heavy atom. The maximum Gasteiger partial charge on any atom is 0.331 e. The maximum absolute atomic E-state index is 10.7. The lowest BCUT2D eigenvalue weighted by molar-refractivity contribution is -0.422. The number of hydrogen-bond donors (Lipinski definition) is 2. The van der Waals surface area contributed by atoms with E-state index in [2.05, 4.69) is 5.32 Å². The molecule has 1 aliphatic heterocycles. The lowest BCUT2D eigenvalue weighted by Crippen LogP contribution is -2.09. The minimum Gasteiger partial charge on any atom is -0.504 e. The van der Waals surface area contributed by atoms with E-state index < -0.39 is 4.92 Å². The van der Waals surface area contributed by atoms with E-state index in [9.17, 15) is 15.2 Å². The van der Waals surface area contributed by atoms with Gasteiger partial charge in [-0.1, -0.05) is 30.3 Å². The molecule has 1 aromatic carbocycles. The van der Waals surface area contributed by atoms with Crippen molar-refractivity contribution in [1.29, 1.82) is 0 Å². The van der Waals surface area contributed by atoms with Crippen molar-refractivity contribution in [2.45, 2.75) is 0 Å². The van der Waals surface area contributed by atoms with Crippen molar-refractivity contribution in [1.82, 2.24) is 5.32 Å². The molecule has 82 valence electrons. The molecule has 16 heavy (non-hydrogen) atoms. The van der Waals surface area contributed by atoms with Gasteiger partial charge in [-0.05, 0) is 11.6 Å². The van der Waals surface area contributed by atoms with Crippen LogP contribution in [0.25, 0.3) is 6.08 Å². The molecule has 5 nitrogen and oxygen atoms in total. The highest BCUT2D eigenvalue weighted by atomic mass is 16.6. The van der Waals surface area contributed by atoms with Gasteiger partial charge in [-0.15, -0.1) is 0 Å². The molecular formula is C11H10N2O3. The zero-order chi connectivity index (χ0) is 11.5. The van der Waals surface area contributed by atoms with Crippen LogP contribution in [0.15, 0.2) is 47.5 Å². The van der Waals surface area contributed by atoms with E-state index in [-0.39, 0.29) is 18.0 Å². The number of nitro groups is 1. The van der Waals surface area contributed by atoms with Crippen LogP contribution >= 0.6 is 0 Å². The van der Waals surface area contributed by atoms with Gasteiger partial charge in [0, 0.05) is 0 Å². The van der Waals surface area contributed by atoms with Gasteiger partial charge in [0.2, 0.25) is 0 Å². The van der Waals surface area contributed by atoms with E-state index in [1.807, 2.05) is 30.3 Å². The highest BCUT2D eigenvalue weighted by Gasteiger charge is 2.29. The lowest BCUT2D eigenvalue weighted by atomic mass is 10.2. The average Bonchev–Trinajstić information content (AvgIpc) is 2.61. The number of rotatable bonds is 2. The largest absolute Gasteiger partial charge is 0.504 e. The molecule has 0 fully saturated rings. The Balaban J connectivity index is 2.36. The molecule has 0 aromatic heterocycles. The van der Waals surface area contributed by atoms with Gasteiger partial charge in [0.1, 0.15) is 5.70 Å². The van der Waals surface area contributed by atoms with Gasteiger partial charge in [0.15, 0.2) is 5.76 Å². The van der Waals surface area contributed by atoms with Gasteiger partial charge in [0.25, 0.3) is 0 Å². The molecule has 0 spiro atoms. The standard InChI is InChI=1S/C11H10N2O3/c14-10-7-12-9(11(10)13(15)16)6-8-4-2-1-3-5-8/h1-6,12,14H,7H2. The highest BCUT2D eigenvalue weighted by Crippen LogP contribution is 2.20. The average molecular weight is 218 g/mol. The van der Waals surface area contributed by atoms with E-state index in [1.54, 1.807) is 6.08 Å². The summed E-state index contributed by atoms with van der Waals surface area (Å²) in [4.78, 5) is 10.1. The first-order valence-electron chi connectivity index (χ1n) is 4.76. The Labute approximate surface area is 91.9 Å². The number of hydrogen-bond acceptors (Lipinski definition) is 4. The molecule has 0 unspecified atom stereocenters. The van der Waals surface area contributed by atoms with E-state index >= 15 is 0 Å². The molecule has 0 bridgehead atoms. The molecule has 0 atom stereocenters. The summed E-state index contributed by atoms with van der Waals surface area (Å²) in [5.41, 5.74) is 0.941. The summed E-state index contributed by atoms with van der Waals surface area (Å²) in [7, 11) is 0. The molecule has 0 amide bonds. The van der Waals surface area contributed by atoms with Crippen molar-refractivity contribution >= 4 is 6.08 Å². The summed E-state index contributed by atoms with van der Waals surface area (Å²) in [5.74, 6) is -0.229. The summed E-state index contributed by atoms with van der Waals surface area (Å²) in [6.45, 7) is 0.106. The van der Waals surface area contributed by atoms with Crippen LogP contribution in [0, 0.1) is 10.1 Å². The molecule has 0 radical (unpaired) electrons. The first kappa shape index (κ1) is 10.2. The highest BCUT2D eigenvalue weighted by molar-refractivity contribution is 5.58. The fourth-order valence-corrected chi connectivity index (χ4v) is 1.54. The SMILES string of the molecule is O=[N+]([O-])C1=C(O)CNC1=Cc1ccccc1. The fourth-order valence-electron chi connectivity index (χ4n) is 1.54. The van der Waals surface area contributed by atoms with Gasteiger partial charge in [0.05, 0.1) is 11.5 Å². The van der Waals surface area contributed by atoms with Crippen molar-refractivity contribution in [2.24, 2.45) is 0 Å². The Kier molecular flexibility index (Phi) is 2.59. The minimum atomic E-state index is -0.579. The molecule has 0 saturated carbocycles. The number of nitrogens with one attached hydrogen (secondary N) is 1. The zero-order valence-electron chi connectivity index (χ0n) is 8.38. The van der Waals surface area contributed by atoms with Crippen LogP contribution in [0.3, 0.4) is 0 Å². The molecule has 2 rings (SSSR count). The molecule has 1 heterocycles. The topological polar surface area (TPSA) is 75.4 Å². The first-order chi connectivity index (χ1) is 7.68. The van der Waals surface area contributed by atoms with Gasteiger partial charge in [-0.2, -0.15) is 0 Å². The molecule has 2 N–H and O–H groups in total. The van der Waals surface area contributed by atoms with Crippen LogP contribution in [-0.2, 0) is 0 Å². The van der Waals surface area contributed by atoms with E-state index in [0.717, 1.165) is 5.56 Å². The third kappa shape index (κ3) is 1.88. The Hall–Kier alpha value is -2.30. The summed E-state index contributed by atoms with van der Waals surface area (Å²) in [5, 5.41) is 22.8. The summed E-state index contributed by atoms with van der Waals surface area (Å²) in [6.07, 6.45) is 1.64. The van der Waals surface area contributed by atoms with Crippen LogP contribution in [-0.4, -0.2) is 16.6 Å². The predicted octanol–water partition coefficient (Wildman–Crippen LogP) is 1.68. The third-order valence-electron chi connectivity index (χ3n) is 2.27. The molecule has 1 aliphatic rings. The monoisotopic (exact) mass is 218 g/mol. The van der Waals surface area contributed by atoms with Crippen molar-refractivity contribution in [3.8, 4) is 0 Å². The van der Waals surface area contributed by atoms with Gasteiger partial charge < -0.3 is 10.4 Å². The number of aliphatic hydroxyl groups is 1. The van der Waals surface area contributed by atoms with Gasteiger partial charge >= 0.3 is 5.70 Å². The molecule has 0 aliphatic carbocycles. The molecule has 0 saturated heterocycles. The van der Waals surface area contributed by atoms with Crippen LogP contribution in [0.2, 0.25) is 0 Å². The molecule has 1 aromatic rings. The fraction of sp³-hybridized carbons (Fsp3) is 0.0909. The smallest absolute Gasteiger partial charge is 0.331 e. The van der Waals surface area contributed by atoms with E-state index in [1.165, 1.54) is 0 Å². The quantitative estimate of drug-likeness (QED) is 0.585. The molecule has 5 heteroatoms. The minimum absolute atomic E-state index is 0.106. The first-order valence-corrected chi connectivity index (χ1v) is 4.76.